The van der Waals surface area contributed by atoms with Gasteiger partial charge < -0.3 is 15.4 Å². The van der Waals surface area contributed by atoms with E-state index in [1.54, 1.807) is 18.5 Å². The lowest BCUT2D eigenvalue weighted by molar-refractivity contribution is -0.121. The van der Waals surface area contributed by atoms with Gasteiger partial charge in [-0.2, -0.15) is 0 Å². The molecule has 0 saturated heterocycles. The molecule has 0 saturated carbocycles. The van der Waals surface area contributed by atoms with Crippen LogP contribution in [0.15, 0.2) is 42.7 Å². The van der Waals surface area contributed by atoms with Crippen molar-refractivity contribution in [2.45, 2.75) is 26.3 Å². The molecule has 2 aromatic rings. The fourth-order valence-electron chi connectivity index (χ4n) is 1.92. The van der Waals surface area contributed by atoms with Crippen molar-refractivity contribution < 1.29 is 9.53 Å². The van der Waals surface area contributed by atoms with E-state index in [9.17, 15) is 4.79 Å². The average Bonchev–Trinajstić information content (AvgIpc) is 2.55. The molecule has 1 heterocycles. The van der Waals surface area contributed by atoms with Crippen molar-refractivity contribution >= 4 is 11.9 Å². The molecule has 0 spiro atoms. The number of aryl methyl sites for hydroxylation is 1. The highest BCUT2D eigenvalue weighted by Crippen LogP contribution is 2.11. The number of rotatable bonds is 8. The monoisotopic (exact) mass is 314 g/mol. The lowest BCUT2D eigenvalue weighted by Crippen LogP contribution is -2.37. The van der Waals surface area contributed by atoms with Gasteiger partial charge in [0.2, 0.25) is 11.9 Å². The maximum absolute atomic E-state index is 11.9. The summed E-state index contributed by atoms with van der Waals surface area (Å²) in [5.74, 6) is 1.30. The van der Waals surface area contributed by atoms with Crippen LogP contribution in [0.3, 0.4) is 0 Å². The van der Waals surface area contributed by atoms with E-state index in [0.717, 1.165) is 5.75 Å². The fourth-order valence-corrected chi connectivity index (χ4v) is 1.92. The molecule has 0 aliphatic carbocycles. The van der Waals surface area contributed by atoms with Crippen LogP contribution in [0.2, 0.25) is 0 Å². The summed E-state index contributed by atoms with van der Waals surface area (Å²) < 4.78 is 5.65. The number of hydrogen-bond donors (Lipinski definition) is 2. The Morgan fingerprint density at radius 1 is 1.22 bits per heavy atom. The predicted molar refractivity (Wildman–Crippen MR) is 89.4 cm³/mol. The van der Waals surface area contributed by atoms with Gasteiger partial charge >= 0.3 is 0 Å². The molecule has 1 atom stereocenters. The first-order valence-electron chi connectivity index (χ1n) is 7.63. The molecule has 6 nitrogen and oxygen atoms in total. The third-order valence-electron chi connectivity index (χ3n) is 3.13. The molecule has 0 aliphatic heterocycles. The van der Waals surface area contributed by atoms with Gasteiger partial charge in [-0.05, 0) is 32.0 Å². The molecule has 1 aromatic carbocycles. The maximum atomic E-state index is 11.9. The van der Waals surface area contributed by atoms with Gasteiger partial charge in [0.25, 0.3) is 0 Å². The summed E-state index contributed by atoms with van der Waals surface area (Å²) in [6.45, 7) is 4.87. The summed E-state index contributed by atoms with van der Waals surface area (Å²) in [6.07, 6.45) is 3.66. The molecule has 1 amide bonds. The third kappa shape index (κ3) is 6.34. The van der Waals surface area contributed by atoms with Crippen LogP contribution in [0.5, 0.6) is 5.75 Å². The number of aromatic nitrogens is 2. The number of benzene rings is 1. The summed E-state index contributed by atoms with van der Waals surface area (Å²) in [5.41, 5.74) is 1.19. The van der Waals surface area contributed by atoms with Gasteiger partial charge in [0.1, 0.15) is 12.4 Å². The molecule has 0 bridgehead atoms. The van der Waals surface area contributed by atoms with E-state index in [1.807, 2.05) is 38.1 Å². The van der Waals surface area contributed by atoms with Crippen LogP contribution in [-0.2, 0) is 4.79 Å². The number of carbonyl (C=O) groups excluding carboxylic acids is 1. The first kappa shape index (κ1) is 16.7. The molecule has 2 N–H and O–H groups in total. The second kappa shape index (κ2) is 8.73. The summed E-state index contributed by atoms with van der Waals surface area (Å²) in [4.78, 5) is 19.9. The van der Waals surface area contributed by atoms with Gasteiger partial charge in [-0.1, -0.05) is 17.7 Å². The van der Waals surface area contributed by atoms with E-state index in [0.29, 0.717) is 25.5 Å². The predicted octanol–water partition coefficient (Wildman–Crippen LogP) is 2.17. The minimum atomic E-state index is -0.0585. The fraction of sp³-hybridized carbons (Fsp3) is 0.353. The van der Waals surface area contributed by atoms with Crippen molar-refractivity contribution in [3.8, 4) is 5.75 Å². The van der Waals surface area contributed by atoms with Crippen LogP contribution < -0.4 is 15.4 Å². The van der Waals surface area contributed by atoms with Crippen LogP contribution in [0.4, 0.5) is 5.95 Å². The Hall–Kier alpha value is -2.63. The highest BCUT2D eigenvalue weighted by atomic mass is 16.5. The standard InChI is InChI=1S/C17H22N4O2/c1-13-4-6-15(7-5-13)23-12-14(2)21-16(22)8-11-20-17-18-9-3-10-19-17/h3-7,9-10,14H,8,11-12H2,1-2H3,(H,21,22)(H,18,19,20)/t14-/m0/s1. The van der Waals surface area contributed by atoms with E-state index < -0.39 is 0 Å². The summed E-state index contributed by atoms with van der Waals surface area (Å²) in [5, 5.41) is 5.90. The normalized spacial score (nSPS) is 11.6. The zero-order valence-electron chi connectivity index (χ0n) is 13.5. The Morgan fingerprint density at radius 3 is 2.61 bits per heavy atom. The van der Waals surface area contributed by atoms with E-state index in [2.05, 4.69) is 20.6 Å². The number of hydrogen-bond acceptors (Lipinski definition) is 5. The third-order valence-corrected chi connectivity index (χ3v) is 3.13. The molecular weight excluding hydrogens is 292 g/mol. The van der Waals surface area contributed by atoms with Crippen molar-refractivity contribution in [3.63, 3.8) is 0 Å². The zero-order valence-corrected chi connectivity index (χ0v) is 13.5. The molecule has 6 heteroatoms. The maximum Gasteiger partial charge on any atom is 0.222 e. The van der Waals surface area contributed by atoms with E-state index >= 15 is 0 Å². The Balaban J connectivity index is 1.63. The highest BCUT2D eigenvalue weighted by Gasteiger charge is 2.08. The molecule has 23 heavy (non-hydrogen) atoms. The second-order valence-corrected chi connectivity index (χ2v) is 5.34. The van der Waals surface area contributed by atoms with E-state index in [1.165, 1.54) is 5.56 Å². The van der Waals surface area contributed by atoms with Gasteiger partial charge in [-0.15, -0.1) is 0 Å². The number of nitrogens with zero attached hydrogens (tertiary/aromatic N) is 2. The molecule has 0 aliphatic rings. The molecule has 0 radical (unpaired) electrons. The molecular formula is C17H22N4O2. The average molecular weight is 314 g/mol. The SMILES string of the molecule is Cc1ccc(OC[C@H](C)NC(=O)CCNc2ncccn2)cc1. The van der Waals surface area contributed by atoms with Crippen LogP contribution in [0, 0.1) is 6.92 Å². The van der Waals surface area contributed by atoms with Gasteiger partial charge in [-0.3, -0.25) is 4.79 Å². The quantitative estimate of drug-likeness (QED) is 0.781. The molecule has 0 fully saturated rings. The Morgan fingerprint density at radius 2 is 1.91 bits per heavy atom. The van der Waals surface area contributed by atoms with Crippen molar-refractivity contribution in [1.29, 1.82) is 0 Å². The topological polar surface area (TPSA) is 76.1 Å². The minimum Gasteiger partial charge on any atom is -0.491 e. The first-order valence-corrected chi connectivity index (χ1v) is 7.63. The van der Waals surface area contributed by atoms with Gasteiger partial charge in [0.05, 0.1) is 6.04 Å². The zero-order chi connectivity index (χ0) is 16.5. The van der Waals surface area contributed by atoms with Gasteiger partial charge in [0.15, 0.2) is 0 Å². The lowest BCUT2D eigenvalue weighted by Gasteiger charge is -2.15. The number of ether oxygens (including phenoxy) is 1. The largest absolute Gasteiger partial charge is 0.491 e. The molecule has 0 unspecified atom stereocenters. The van der Waals surface area contributed by atoms with E-state index in [-0.39, 0.29) is 11.9 Å². The molecule has 122 valence electrons. The Kier molecular flexibility index (Phi) is 6.35. The Bertz CT molecular complexity index is 602. The van der Waals surface area contributed by atoms with Crippen molar-refractivity contribution in [2.75, 3.05) is 18.5 Å². The van der Waals surface area contributed by atoms with Gasteiger partial charge in [0, 0.05) is 25.4 Å². The Labute approximate surface area is 136 Å². The summed E-state index contributed by atoms with van der Waals surface area (Å²) >= 11 is 0. The van der Waals surface area contributed by atoms with E-state index in [4.69, 9.17) is 4.74 Å². The number of nitrogens with one attached hydrogen (secondary N) is 2. The van der Waals surface area contributed by atoms with Crippen molar-refractivity contribution in [3.05, 3.63) is 48.3 Å². The van der Waals surface area contributed by atoms with Gasteiger partial charge in [-0.25, -0.2) is 9.97 Å². The molecule has 2 rings (SSSR count). The van der Waals surface area contributed by atoms with Crippen LogP contribution in [-0.4, -0.2) is 35.1 Å². The van der Waals surface area contributed by atoms with Crippen LogP contribution >= 0.6 is 0 Å². The summed E-state index contributed by atoms with van der Waals surface area (Å²) in [6, 6.07) is 9.53. The van der Waals surface area contributed by atoms with Crippen molar-refractivity contribution in [2.24, 2.45) is 0 Å². The summed E-state index contributed by atoms with van der Waals surface area (Å²) in [7, 11) is 0. The molecule has 1 aromatic heterocycles. The second-order valence-electron chi connectivity index (χ2n) is 5.34. The number of carbonyl (C=O) groups is 1. The smallest absolute Gasteiger partial charge is 0.222 e. The van der Waals surface area contributed by atoms with Crippen LogP contribution in [0.1, 0.15) is 18.9 Å². The minimum absolute atomic E-state index is 0.0339. The van der Waals surface area contributed by atoms with Crippen LogP contribution in [0.25, 0.3) is 0 Å². The first-order chi connectivity index (χ1) is 11.1. The lowest BCUT2D eigenvalue weighted by atomic mass is 10.2. The highest BCUT2D eigenvalue weighted by molar-refractivity contribution is 5.76. The number of anilines is 1. The number of amides is 1. The van der Waals surface area contributed by atoms with Crippen molar-refractivity contribution in [1.82, 2.24) is 15.3 Å².